The van der Waals surface area contributed by atoms with E-state index in [2.05, 4.69) is 25.1 Å². The van der Waals surface area contributed by atoms with Crippen LogP contribution >= 0.6 is 0 Å². The van der Waals surface area contributed by atoms with Crippen molar-refractivity contribution < 1.29 is 10.2 Å². The van der Waals surface area contributed by atoms with Gasteiger partial charge in [0.05, 0.1) is 5.60 Å². The lowest BCUT2D eigenvalue weighted by molar-refractivity contribution is -0.0565. The Morgan fingerprint density at radius 3 is 2.63 bits per heavy atom. The van der Waals surface area contributed by atoms with Gasteiger partial charge in [0.2, 0.25) is 0 Å². The lowest BCUT2D eigenvalue weighted by Crippen LogP contribution is -2.51. The van der Waals surface area contributed by atoms with Gasteiger partial charge in [-0.2, -0.15) is 0 Å². The van der Waals surface area contributed by atoms with Gasteiger partial charge in [-0.05, 0) is 91.8 Å². The maximum absolute atomic E-state index is 11.2. The number of aryl methyl sites for hydroxylation is 1. The van der Waals surface area contributed by atoms with Crippen molar-refractivity contribution in [2.45, 2.75) is 69.3 Å². The highest BCUT2D eigenvalue weighted by atomic mass is 16.3. The van der Waals surface area contributed by atoms with Crippen molar-refractivity contribution in [2.24, 2.45) is 5.92 Å². The molecule has 0 spiro atoms. The third kappa shape index (κ3) is 3.34. The Labute approximate surface area is 162 Å². The zero-order chi connectivity index (χ0) is 19.1. The first-order valence-corrected chi connectivity index (χ1v) is 10.3. The fourth-order valence-corrected chi connectivity index (χ4v) is 5.77. The molecule has 3 atom stereocenters. The molecule has 144 valence electrons. The zero-order valence-electron chi connectivity index (χ0n) is 16.2. The van der Waals surface area contributed by atoms with Crippen LogP contribution in [0.2, 0.25) is 0 Å². The number of anilines is 1. The molecule has 0 heterocycles. The van der Waals surface area contributed by atoms with E-state index in [9.17, 15) is 10.2 Å². The quantitative estimate of drug-likeness (QED) is 0.686. The van der Waals surface area contributed by atoms with E-state index in [1.54, 1.807) is 0 Å². The number of aliphatic hydroxyl groups is 1. The van der Waals surface area contributed by atoms with E-state index in [0.717, 1.165) is 57.1 Å². The summed E-state index contributed by atoms with van der Waals surface area (Å²) in [6.07, 6.45) is 7.69. The van der Waals surface area contributed by atoms with Crippen LogP contribution in [0.1, 0.15) is 62.1 Å². The smallest absolute Gasteiger partial charge is 0.115 e. The molecule has 4 rings (SSSR count). The minimum absolute atomic E-state index is 0.0391. The van der Waals surface area contributed by atoms with Gasteiger partial charge in [-0.1, -0.05) is 31.5 Å². The topological polar surface area (TPSA) is 66.5 Å². The predicted molar refractivity (Wildman–Crippen MR) is 110 cm³/mol. The van der Waals surface area contributed by atoms with E-state index < -0.39 is 5.60 Å². The van der Waals surface area contributed by atoms with Crippen LogP contribution in [-0.4, -0.2) is 15.8 Å². The van der Waals surface area contributed by atoms with Crippen molar-refractivity contribution in [1.29, 1.82) is 0 Å². The minimum Gasteiger partial charge on any atom is -0.508 e. The summed E-state index contributed by atoms with van der Waals surface area (Å²) in [7, 11) is 0. The molecule has 0 radical (unpaired) electrons. The number of phenols is 1. The van der Waals surface area contributed by atoms with E-state index in [4.69, 9.17) is 5.73 Å². The standard InChI is InChI=1S/C24H31NO2/c1-2-11-23(27)12-13-24(15-17-3-7-20(25)8-4-17)19(16-23)6-5-18-14-21(26)9-10-22(18)24/h3-4,7-10,14,19,26-27H,2,5-6,11-13,15-16,25H2,1H3/t19-,23?,24-/m0/s1. The highest BCUT2D eigenvalue weighted by Crippen LogP contribution is 2.55. The first-order valence-electron chi connectivity index (χ1n) is 10.3. The van der Waals surface area contributed by atoms with Gasteiger partial charge in [0.25, 0.3) is 0 Å². The number of rotatable bonds is 4. The molecule has 0 aromatic heterocycles. The number of phenolic OH excluding ortho intramolecular Hbond substituents is 1. The van der Waals surface area contributed by atoms with Gasteiger partial charge >= 0.3 is 0 Å². The molecule has 0 amide bonds. The Balaban J connectivity index is 1.75. The Kier molecular flexibility index (Phi) is 4.67. The monoisotopic (exact) mass is 365 g/mol. The third-order valence-corrected chi connectivity index (χ3v) is 7.05. The predicted octanol–water partition coefficient (Wildman–Crippen LogP) is 4.73. The molecule has 1 saturated carbocycles. The van der Waals surface area contributed by atoms with Crippen molar-refractivity contribution >= 4 is 5.69 Å². The summed E-state index contributed by atoms with van der Waals surface area (Å²) >= 11 is 0. The third-order valence-electron chi connectivity index (χ3n) is 7.05. The summed E-state index contributed by atoms with van der Waals surface area (Å²) < 4.78 is 0. The first kappa shape index (κ1) is 18.4. The highest BCUT2D eigenvalue weighted by molar-refractivity contribution is 5.46. The molecule has 1 unspecified atom stereocenters. The van der Waals surface area contributed by atoms with Gasteiger partial charge in [-0.3, -0.25) is 0 Å². The molecule has 2 aromatic carbocycles. The molecule has 1 fully saturated rings. The lowest BCUT2D eigenvalue weighted by Gasteiger charge is -2.53. The van der Waals surface area contributed by atoms with Crippen LogP contribution in [0.25, 0.3) is 0 Å². The molecular formula is C24H31NO2. The Morgan fingerprint density at radius 2 is 1.89 bits per heavy atom. The van der Waals surface area contributed by atoms with Gasteiger partial charge in [0.15, 0.2) is 0 Å². The van der Waals surface area contributed by atoms with Gasteiger partial charge in [0.1, 0.15) is 5.75 Å². The number of hydrogen-bond donors (Lipinski definition) is 3. The van der Waals surface area contributed by atoms with Crippen molar-refractivity contribution in [2.75, 3.05) is 5.73 Å². The number of benzene rings is 2. The second kappa shape index (κ2) is 6.87. The number of hydrogen-bond acceptors (Lipinski definition) is 3. The summed E-state index contributed by atoms with van der Waals surface area (Å²) in [5, 5.41) is 21.2. The maximum atomic E-state index is 11.2. The zero-order valence-corrected chi connectivity index (χ0v) is 16.2. The number of aromatic hydroxyl groups is 1. The summed E-state index contributed by atoms with van der Waals surface area (Å²) in [6.45, 7) is 2.16. The Bertz CT molecular complexity index is 816. The minimum atomic E-state index is -0.515. The van der Waals surface area contributed by atoms with Crippen molar-refractivity contribution in [1.82, 2.24) is 0 Å². The molecule has 4 N–H and O–H groups in total. The van der Waals surface area contributed by atoms with E-state index in [0.29, 0.717) is 11.7 Å². The summed E-state index contributed by atoms with van der Waals surface area (Å²) in [5.41, 5.74) is 10.2. The second-order valence-corrected chi connectivity index (χ2v) is 8.83. The average molecular weight is 366 g/mol. The Morgan fingerprint density at radius 1 is 1.11 bits per heavy atom. The van der Waals surface area contributed by atoms with Crippen molar-refractivity contribution in [3.8, 4) is 5.75 Å². The van der Waals surface area contributed by atoms with E-state index in [1.165, 1.54) is 16.7 Å². The van der Waals surface area contributed by atoms with Crippen LogP contribution < -0.4 is 5.73 Å². The van der Waals surface area contributed by atoms with Crippen molar-refractivity contribution in [3.63, 3.8) is 0 Å². The van der Waals surface area contributed by atoms with E-state index in [-0.39, 0.29) is 5.41 Å². The van der Waals surface area contributed by atoms with Crippen LogP contribution in [0.15, 0.2) is 42.5 Å². The van der Waals surface area contributed by atoms with Crippen LogP contribution in [0, 0.1) is 5.92 Å². The average Bonchev–Trinajstić information content (AvgIpc) is 2.64. The summed E-state index contributed by atoms with van der Waals surface area (Å²) in [6, 6.07) is 14.2. The highest BCUT2D eigenvalue weighted by Gasteiger charge is 2.51. The molecule has 3 nitrogen and oxygen atoms in total. The fraction of sp³-hybridized carbons (Fsp3) is 0.500. The molecule has 27 heavy (non-hydrogen) atoms. The Hall–Kier alpha value is -2.00. The van der Waals surface area contributed by atoms with Crippen LogP contribution in [0.3, 0.4) is 0 Å². The van der Waals surface area contributed by atoms with Crippen LogP contribution in [0.4, 0.5) is 5.69 Å². The molecule has 3 heteroatoms. The normalized spacial score (nSPS) is 29.8. The van der Waals surface area contributed by atoms with Crippen LogP contribution in [-0.2, 0) is 18.3 Å². The van der Waals surface area contributed by atoms with E-state index in [1.807, 2.05) is 24.3 Å². The number of nitrogen functional groups attached to an aromatic ring is 1. The SMILES string of the molecule is CCCC1(O)CC[C@@]2(Cc3ccc(N)cc3)c3ccc(O)cc3CC[C@H]2C1. The van der Waals surface area contributed by atoms with E-state index >= 15 is 0 Å². The second-order valence-electron chi connectivity index (χ2n) is 8.83. The molecule has 0 aliphatic heterocycles. The molecular weight excluding hydrogens is 334 g/mol. The molecule has 2 aliphatic carbocycles. The largest absolute Gasteiger partial charge is 0.508 e. The van der Waals surface area contributed by atoms with Gasteiger partial charge in [-0.25, -0.2) is 0 Å². The number of nitrogens with two attached hydrogens (primary N) is 1. The van der Waals surface area contributed by atoms with Gasteiger partial charge in [-0.15, -0.1) is 0 Å². The molecule has 0 bridgehead atoms. The van der Waals surface area contributed by atoms with Crippen molar-refractivity contribution in [3.05, 3.63) is 59.2 Å². The molecule has 2 aliphatic rings. The molecule has 0 saturated heterocycles. The first-order chi connectivity index (χ1) is 12.9. The van der Waals surface area contributed by atoms with Gasteiger partial charge < -0.3 is 15.9 Å². The fourth-order valence-electron chi connectivity index (χ4n) is 5.77. The number of fused-ring (bicyclic) bond motifs is 3. The molecule has 2 aromatic rings. The summed E-state index contributed by atoms with van der Waals surface area (Å²) in [5.74, 6) is 0.825. The maximum Gasteiger partial charge on any atom is 0.115 e. The lowest BCUT2D eigenvalue weighted by atomic mass is 9.52. The summed E-state index contributed by atoms with van der Waals surface area (Å²) in [4.78, 5) is 0. The van der Waals surface area contributed by atoms with Crippen LogP contribution in [0.5, 0.6) is 5.75 Å². The van der Waals surface area contributed by atoms with Gasteiger partial charge in [0, 0.05) is 11.1 Å².